The lowest BCUT2D eigenvalue weighted by Gasteiger charge is -2.41. The fourth-order valence-corrected chi connectivity index (χ4v) is 9.04. The molecule has 0 aromatic heterocycles. The van der Waals surface area contributed by atoms with Crippen molar-refractivity contribution in [2.45, 2.75) is 156 Å². The van der Waals surface area contributed by atoms with Gasteiger partial charge < -0.3 is 14.2 Å². The van der Waals surface area contributed by atoms with Crippen LogP contribution in [0.3, 0.4) is 0 Å². The second kappa shape index (κ2) is 17.2. The second-order valence-corrected chi connectivity index (χ2v) is 18.3. The predicted molar refractivity (Wildman–Crippen MR) is 207 cm³/mol. The Morgan fingerprint density at radius 2 is 1.58 bits per heavy atom. The van der Waals surface area contributed by atoms with E-state index in [1.807, 2.05) is 23.9 Å². The van der Waals surface area contributed by atoms with E-state index in [1.54, 1.807) is 7.11 Å². The second-order valence-electron chi connectivity index (χ2n) is 17.3. The van der Waals surface area contributed by atoms with E-state index in [0.717, 1.165) is 60.2 Å². The molecular weight excluding hydrogens is 609 g/mol. The fourth-order valence-electron chi connectivity index (χ4n) is 7.58. The minimum Gasteiger partial charge on any atom is -0.497 e. The number of thioether (sulfide) groups is 1. The minimum atomic E-state index is -0.0434. The van der Waals surface area contributed by atoms with Crippen molar-refractivity contribution in [2.75, 3.05) is 19.5 Å². The summed E-state index contributed by atoms with van der Waals surface area (Å²) < 4.78 is 19.1. The number of fused-ring (bicyclic) bond motifs is 2. The summed E-state index contributed by atoms with van der Waals surface area (Å²) in [5.41, 5.74) is 6.67. The van der Waals surface area contributed by atoms with Gasteiger partial charge in [0.2, 0.25) is 0 Å². The number of ether oxygens (including phenoxy) is 3. The number of hydrogen-bond acceptors (Lipinski definition) is 4. The van der Waals surface area contributed by atoms with Crippen LogP contribution in [0, 0.1) is 30.1 Å². The fraction of sp³-hybridized carbons (Fsp3) is 0.682. The molecule has 0 aliphatic carbocycles. The molecule has 2 aliphatic heterocycles. The van der Waals surface area contributed by atoms with E-state index in [2.05, 4.69) is 87.4 Å². The Morgan fingerprint density at radius 3 is 2.19 bits per heavy atom. The summed E-state index contributed by atoms with van der Waals surface area (Å²) in [7, 11) is 1.71. The van der Waals surface area contributed by atoms with Crippen molar-refractivity contribution < 1.29 is 14.2 Å². The van der Waals surface area contributed by atoms with Crippen molar-refractivity contribution in [1.82, 2.24) is 0 Å². The molecule has 0 saturated carbocycles. The molecule has 0 bridgehead atoms. The van der Waals surface area contributed by atoms with E-state index in [-0.39, 0.29) is 16.9 Å². The molecule has 0 amide bonds. The van der Waals surface area contributed by atoms with E-state index < -0.39 is 0 Å². The van der Waals surface area contributed by atoms with Gasteiger partial charge in [0.15, 0.2) is 0 Å². The van der Waals surface area contributed by atoms with Gasteiger partial charge in [-0.1, -0.05) is 124 Å². The highest BCUT2D eigenvalue weighted by Crippen LogP contribution is 2.55. The van der Waals surface area contributed by atoms with Crippen LogP contribution in [0.1, 0.15) is 155 Å². The van der Waals surface area contributed by atoms with Crippen molar-refractivity contribution in [2.24, 2.45) is 23.2 Å². The van der Waals surface area contributed by atoms with Gasteiger partial charge in [-0.25, -0.2) is 0 Å². The maximum Gasteiger partial charge on any atom is 0.137 e. The van der Waals surface area contributed by atoms with E-state index in [0.29, 0.717) is 0 Å². The molecule has 2 aromatic rings. The number of methoxy groups -OCH3 is 1. The molecule has 4 atom stereocenters. The van der Waals surface area contributed by atoms with Crippen LogP contribution in [-0.4, -0.2) is 19.5 Å². The van der Waals surface area contributed by atoms with Crippen LogP contribution in [0.4, 0.5) is 0 Å². The first kappa shape index (κ1) is 38.7. The minimum absolute atomic E-state index is 0.0188. The average Bonchev–Trinajstić information content (AvgIpc) is 3.03. The molecule has 2 aliphatic rings. The Morgan fingerprint density at radius 1 is 0.958 bits per heavy atom. The predicted octanol–water partition coefficient (Wildman–Crippen LogP) is 13.2. The summed E-state index contributed by atoms with van der Waals surface area (Å²) in [6.45, 7) is 24.3. The average molecular weight is 677 g/mol. The molecule has 4 heteroatoms. The van der Waals surface area contributed by atoms with Crippen molar-refractivity contribution in [3.63, 3.8) is 0 Å². The molecule has 3 nitrogen and oxygen atoms in total. The van der Waals surface area contributed by atoms with Crippen molar-refractivity contribution >= 4 is 11.8 Å². The standard InChI is InChI=1S/C44H68O3S/c1-30(2)15-12-16-31(3)17-13-18-32(4)19-14-20-33(5)25-26-44(10)27-37-34(6)40-42(39(43(7,8)9)41(37)46-29-44)48-28-38(47-40)35-21-23-36(45-11)24-22-35/h21-25,30-32,38H,12-20,26-29H2,1-11H3/b33-25+/t31-,32-,38+,44?/m1/s1. The highest BCUT2D eigenvalue weighted by Gasteiger charge is 2.40. The van der Waals surface area contributed by atoms with Crippen LogP contribution in [0.25, 0.3) is 0 Å². The third-order valence-electron chi connectivity index (χ3n) is 10.9. The summed E-state index contributed by atoms with van der Waals surface area (Å²) in [4.78, 5) is 1.27. The SMILES string of the molecule is COc1ccc([C@@H]2CSc3c(c(C)c4c(c3C(C)(C)C)OCC(C)(C/C=C(\C)CCC[C@H](C)CCC[C@H](C)CCCC(C)C)C4)O2)cc1. The number of hydrogen-bond donors (Lipinski definition) is 0. The lowest BCUT2D eigenvalue weighted by atomic mass is 9.75. The molecule has 0 fully saturated rings. The van der Waals surface area contributed by atoms with E-state index in [1.165, 1.54) is 90.5 Å². The van der Waals surface area contributed by atoms with Gasteiger partial charge in [-0.2, -0.15) is 0 Å². The Hall–Kier alpha value is -2.07. The van der Waals surface area contributed by atoms with E-state index in [9.17, 15) is 0 Å². The molecule has 0 N–H and O–H groups in total. The van der Waals surface area contributed by atoms with Crippen LogP contribution in [0.2, 0.25) is 0 Å². The van der Waals surface area contributed by atoms with Crippen LogP contribution < -0.4 is 14.2 Å². The van der Waals surface area contributed by atoms with Gasteiger partial charge in [0, 0.05) is 22.3 Å². The summed E-state index contributed by atoms with van der Waals surface area (Å²) in [5, 5.41) is 0. The molecule has 0 saturated heterocycles. The topological polar surface area (TPSA) is 27.7 Å². The Labute approximate surface area is 299 Å². The smallest absolute Gasteiger partial charge is 0.137 e. The van der Waals surface area contributed by atoms with Gasteiger partial charge in [-0.05, 0) is 86.0 Å². The van der Waals surface area contributed by atoms with Crippen molar-refractivity contribution in [1.29, 1.82) is 0 Å². The van der Waals surface area contributed by atoms with Gasteiger partial charge in [0.05, 0.1) is 18.6 Å². The molecule has 2 aromatic carbocycles. The Bertz CT molecular complexity index is 1350. The maximum atomic E-state index is 6.88. The zero-order valence-electron chi connectivity index (χ0n) is 32.5. The van der Waals surface area contributed by atoms with Crippen LogP contribution in [-0.2, 0) is 11.8 Å². The van der Waals surface area contributed by atoms with Crippen molar-refractivity contribution in [3.8, 4) is 17.2 Å². The lowest BCUT2D eigenvalue weighted by molar-refractivity contribution is 0.133. The van der Waals surface area contributed by atoms with Crippen LogP contribution in [0.5, 0.6) is 17.2 Å². The first-order valence-corrected chi connectivity index (χ1v) is 20.1. The number of benzene rings is 2. The quantitative estimate of drug-likeness (QED) is 0.165. The molecule has 4 rings (SSSR count). The summed E-state index contributed by atoms with van der Waals surface area (Å²) in [6, 6.07) is 8.35. The van der Waals surface area contributed by atoms with E-state index >= 15 is 0 Å². The van der Waals surface area contributed by atoms with E-state index in [4.69, 9.17) is 14.2 Å². The molecule has 1 unspecified atom stereocenters. The van der Waals surface area contributed by atoms with Crippen LogP contribution in [0.15, 0.2) is 40.8 Å². The molecule has 0 radical (unpaired) electrons. The van der Waals surface area contributed by atoms with Crippen molar-refractivity contribution in [3.05, 3.63) is 58.2 Å². The largest absolute Gasteiger partial charge is 0.497 e. The first-order chi connectivity index (χ1) is 22.7. The summed E-state index contributed by atoms with van der Waals surface area (Å²) in [6.07, 6.45) is 16.8. The third kappa shape index (κ3) is 10.5. The Kier molecular flexibility index (Phi) is 13.9. The van der Waals surface area contributed by atoms with Gasteiger partial charge in [-0.3, -0.25) is 0 Å². The highest BCUT2D eigenvalue weighted by molar-refractivity contribution is 7.99. The number of rotatable bonds is 16. The first-order valence-electron chi connectivity index (χ1n) is 19.1. The molecule has 0 spiro atoms. The van der Waals surface area contributed by atoms with Crippen LogP contribution >= 0.6 is 11.8 Å². The summed E-state index contributed by atoms with van der Waals surface area (Å²) in [5.74, 6) is 6.50. The zero-order chi connectivity index (χ0) is 35.1. The molecular formula is C44H68O3S. The lowest BCUT2D eigenvalue weighted by Crippen LogP contribution is -2.34. The van der Waals surface area contributed by atoms with Gasteiger partial charge in [0.1, 0.15) is 23.4 Å². The van der Waals surface area contributed by atoms with Gasteiger partial charge in [-0.15, -0.1) is 11.8 Å². The normalized spacial score (nSPS) is 20.8. The van der Waals surface area contributed by atoms with Gasteiger partial charge >= 0.3 is 0 Å². The molecule has 2 heterocycles. The van der Waals surface area contributed by atoms with Gasteiger partial charge in [0.25, 0.3) is 0 Å². The molecule has 48 heavy (non-hydrogen) atoms. The maximum absolute atomic E-state index is 6.88. The Balaban J connectivity index is 1.36. The number of allylic oxidation sites excluding steroid dienone is 2. The molecule has 268 valence electrons. The zero-order valence-corrected chi connectivity index (χ0v) is 33.3. The summed E-state index contributed by atoms with van der Waals surface area (Å²) >= 11 is 1.93. The monoisotopic (exact) mass is 676 g/mol. The highest BCUT2D eigenvalue weighted by atomic mass is 32.2. The third-order valence-corrected chi connectivity index (χ3v) is 12.0.